The van der Waals surface area contributed by atoms with Gasteiger partial charge in [0, 0.05) is 56.7 Å². The molecule has 1 amide bonds. The molecule has 2 aromatic rings. The smallest absolute Gasteiger partial charge is 0.243 e. The van der Waals surface area contributed by atoms with Gasteiger partial charge >= 0.3 is 0 Å². The molecule has 3 rings (SSSR count). The Morgan fingerprint density at radius 1 is 1.04 bits per heavy atom. The second-order valence-corrected chi connectivity index (χ2v) is 8.42. The topological polar surface area (TPSA) is 87.0 Å². The third-order valence-corrected chi connectivity index (χ3v) is 6.68. The van der Waals surface area contributed by atoms with Gasteiger partial charge in [0.15, 0.2) is 0 Å². The highest BCUT2D eigenvalue weighted by molar-refractivity contribution is 7.89. The van der Waals surface area contributed by atoms with E-state index in [1.807, 2.05) is 43.3 Å². The number of nitrogens with two attached hydrogens (primary N) is 1. The summed E-state index contributed by atoms with van der Waals surface area (Å²) in [6, 6.07) is 11.0. The van der Waals surface area contributed by atoms with Crippen LogP contribution in [0, 0.1) is 0 Å². The van der Waals surface area contributed by atoms with E-state index in [0.717, 1.165) is 11.1 Å². The van der Waals surface area contributed by atoms with Gasteiger partial charge in [-0.15, -0.1) is 0 Å². The van der Waals surface area contributed by atoms with Crippen LogP contribution in [0.5, 0.6) is 0 Å². The van der Waals surface area contributed by atoms with Crippen LogP contribution in [0.1, 0.15) is 0 Å². The van der Waals surface area contributed by atoms with Gasteiger partial charge in [0.05, 0.1) is 11.4 Å². The van der Waals surface area contributed by atoms with E-state index in [1.54, 1.807) is 17.0 Å². The summed E-state index contributed by atoms with van der Waals surface area (Å²) < 4.78 is 27.9. The van der Waals surface area contributed by atoms with Gasteiger partial charge in [-0.25, -0.2) is 8.42 Å². The van der Waals surface area contributed by atoms with Gasteiger partial charge in [0.1, 0.15) is 0 Å². The zero-order valence-corrected chi connectivity index (χ0v) is 15.9. The van der Waals surface area contributed by atoms with Gasteiger partial charge in [0.25, 0.3) is 0 Å². The molecule has 1 aliphatic rings. The lowest BCUT2D eigenvalue weighted by Crippen LogP contribution is -2.51. The van der Waals surface area contributed by atoms with Crippen molar-refractivity contribution in [3.63, 3.8) is 0 Å². The molecule has 0 bridgehead atoms. The van der Waals surface area contributed by atoms with Gasteiger partial charge in [-0.1, -0.05) is 24.3 Å². The van der Waals surface area contributed by atoms with Crippen LogP contribution in [-0.4, -0.2) is 70.3 Å². The maximum Gasteiger partial charge on any atom is 0.243 e. The molecule has 0 spiro atoms. The van der Waals surface area contributed by atoms with Crippen LogP contribution in [0.2, 0.25) is 0 Å². The van der Waals surface area contributed by atoms with Crippen molar-refractivity contribution in [3.05, 3.63) is 36.4 Å². The van der Waals surface area contributed by atoms with Crippen LogP contribution in [0.3, 0.4) is 0 Å². The average molecular weight is 376 g/mol. The van der Waals surface area contributed by atoms with Gasteiger partial charge < -0.3 is 15.5 Å². The van der Waals surface area contributed by atoms with Crippen LogP contribution < -0.4 is 10.6 Å². The number of carbonyl (C=O) groups excluding carboxylic acids is 1. The number of carbonyl (C=O) groups is 1. The largest absolute Gasteiger partial charge is 0.377 e. The number of hydrogen-bond acceptors (Lipinski definition) is 5. The molecule has 8 heteroatoms. The summed E-state index contributed by atoms with van der Waals surface area (Å²) in [6.07, 6.45) is 0. The monoisotopic (exact) mass is 376 g/mol. The predicted octanol–water partition coefficient (Wildman–Crippen LogP) is 0.697. The first-order chi connectivity index (χ1) is 12.4. The lowest BCUT2D eigenvalue weighted by atomic mass is 10.1. The summed E-state index contributed by atoms with van der Waals surface area (Å²) in [5, 5.41) is 1.61. The molecule has 2 N–H and O–H groups in total. The molecule has 140 valence electrons. The Bertz CT molecular complexity index is 919. The fourth-order valence-electron chi connectivity index (χ4n) is 3.33. The highest BCUT2D eigenvalue weighted by atomic mass is 32.2. The molecule has 1 aliphatic heterocycles. The second-order valence-electron chi connectivity index (χ2n) is 6.51. The Hall–Kier alpha value is -2.16. The van der Waals surface area contributed by atoms with Crippen molar-refractivity contribution >= 4 is 32.4 Å². The lowest BCUT2D eigenvalue weighted by Gasteiger charge is -2.34. The van der Waals surface area contributed by atoms with Gasteiger partial charge in [-0.3, -0.25) is 4.79 Å². The van der Waals surface area contributed by atoms with E-state index in [9.17, 15) is 13.2 Å². The second kappa shape index (κ2) is 7.22. The van der Waals surface area contributed by atoms with E-state index < -0.39 is 10.0 Å². The van der Waals surface area contributed by atoms with Gasteiger partial charge in [0.2, 0.25) is 15.9 Å². The van der Waals surface area contributed by atoms with E-state index in [4.69, 9.17) is 5.73 Å². The molecule has 1 heterocycles. The molecule has 0 aliphatic carbocycles. The molecular formula is C18H24N4O3S. The van der Waals surface area contributed by atoms with Gasteiger partial charge in [-0.05, 0) is 12.1 Å². The number of piperazine rings is 1. The quantitative estimate of drug-likeness (QED) is 0.849. The molecule has 0 saturated carbocycles. The third kappa shape index (κ3) is 3.27. The zero-order valence-electron chi connectivity index (χ0n) is 15.1. The standard InChI is InChI=1S/C18H24N4O3S/c1-20(2)16-7-3-6-15-14(16)5-4-8-17(15)26(24,25)22-11-9-21(10-12-22)18(23)13-19/h3-8H,9-13,19H2,1-2H3. The first-order valence-electron chi connectivity index (χ1n) is 8.53. The normalized spacial score (nSPS) is 16.0. The fourth-order valence-corrected chi connectivity index (χ4v) is 4.95. The Morgan fingerprint density at radius 3 is 2.27 bits per heavy atom. The molecule has 26 heavy (non-hydrogen) atoms. The van der Waals surface area contributed by atoms with Crippen LogP contribution in [0.4, 0.5) is 5.69 Å². The maximum atomic E-state index is 13.2. The molecular weight excluding hydrogens is 352 g/mol. The maximum absolute atomic E-state index is 13.2. The minimum atomic E-state index is -3.64. The zero-order chi connectivity index (χ0) is 18.9. The van der Waals surface area contributed by atoms with Crippen molar-refractivity contribution in [2.75, 3.05) is 51.7 Å². The number of fused-ring (bicyclic) bond motifs is 1. The van der Waals surface area contributed by atoms with Crippen LogP contribution in [0.25, 0.3) is 10.8 Å². The predicted molar refractivity (Wildman–Crippen MR) is 103 cm³/mol. The molecule has 0 radical (unpaired) electrons. The summed E-state index contributed by atoms with van der Waals surface area (Å²) >= 11 is 0. The number of sulfonamides is 1. The third-order valence-electron chi connectivity index (χ3n) is 4.72. The van der Waals surface area contributed by atoms with E-state index in [1.165, 1.54) is 4.31 Å². The van der Waals surface area contributed by atoms with Crippen LogP contribution in [0.15, 0.2) is 41.3 Å². The summed E-state index contributed by atoms with van der Waals surface area (Å²) in [5.74, 6) is -0.150. The Morgan fingerprint density at radius 2 is 1.65 bits per heavy atom. The highest BCUT2D eigenvalue weighted by Gasteiger charge is 2.31. The summed E-state index contributed by atoms with van der Waals surface area (Å²) in [6.45, 7) is 1.23. The van der Waals surface area contributed by atoms with Gasteiger partial charge in [-0.2, -0.15) is 4.31 Å². The lowest BCUT2D eigenvalue weighted by molar-refractivity contribution is -0.130. The van der Waals surface area contributed by atoms with E-state index >= 15 is 0 Å². The number of amides is 1. The first-order valence-corrected chi connectivity index (χ1v) is 9.97. The van der Waals surface area contributed by atoms with Crippen molar-refractivity contribution in [1.82, 2.24) is 9.21 Å². The van der Waals surface area contributed by atoms with Crippen molar-refractivity contribution in [1.29, 1.82) is 0 Å². The number of nitrogens with zero attached hydrogens (tertiary/aromatic N) is 3. The number of benzene rings is 2. The SMILES string of the molecule is CN(C)c1cccc2c(S(=O)(=O)N3CCN(C(=O)CN)CC3)cccc12. The molecule has 1 fully saturated rings. The fraction of sp³-hybridized carbons (Fsp3) is 0.389. The van der Waals surface area contributed by atoms with Crippen LogP contribution in [-0.2, 0) is 14.8 Å². The Labute approximate surface area is 154 Å². The molecule has 0 unspecified atom stereocenters. The van der Waals surface area contributed by atoms with E-state index in [-0.39, 0.29) is 25.5 Å². The molecule has 0 aromatic heterocycles. The van der Waals surface area contributed by atoms with E-state index in [2.05, 4.69) is 0 Å². The molecule has 2 aromatic carbocycles. The van der Waals surface area contributed by atoms with E-state index in [0.29, 0.717) is 23.4 Å². The Kier molecular flexibility index (Phi) is 5.17. The number of rotatable bonds is 4. The average Bonchev–Trinajstić information content (AvgIpc) is 2.66. The van der Waals surface area contributed by atoms with Crippen molar-refractivity contribution < 1.29 is 13.2 Å². The van der Waals surface area contributed by atoms with Crippen molar-refractivity contribution in [2.45, 2.75) is 4.90 Å². The van der Waals surface area contributed by atoms with Crippen LogP contribution >= 0.6 is 0 Å². The minimum absolute atomic E-state index is 0.0522. The molecule has 1 saturated heterocycles. The number of anilines is 1. The molecule has 0 atom stereocenters. The summed E-state index contributed by atoms with van der Waals surface area (Å²) in [5.41, 5.74) is 6.36. The summed E-state index contributed by atoms with van der Waals surface area (Å²) in [4.78, 5) is 15.6. The minimum Gasteiger partial charge on any atom is -0.377 e. The summed E-state index contributed by atoms with van der Waals surface area (Å²) in [7, 11) is 0.227. The molecule has 7 nitrogen and oxygen atoms in total. The highest BCUT2D eigenvalue weighted by Crippen LogP contribution is 2.31. The first kappa shape index (κ1) is 18.6. The number of hydrogen-bond donors (Lipinski definition) is 1. The Balaban J connectivity index is 1.96. The van der Waals surface area contributed by atoms with Crippen molar-refractivity contribution in [2.24, 2.45) is 5.73 Å². The van der Waals surface area contributed by atoms with Crippen molar-refractivity contribution in [3.8, 4) is 0 Å².